The Bertz CT molecular complexity index is 2840. The fourth-order valence-electron chi connectivity index (χ4n) is 10.8. The maximum atomic E-state index is 7.03. The predicted octanol–water partition coefficient (Wildman–Crippen LogP) is 18.5. The lowest BCUT2D eigenvalue weighted by Crippen LogP contribution is -2.19. The van der Waals surface area contributed by atoms with E-state index in [0.717, 1.165) is 44.5 Å². The third kappa shape index (κ3) is 9.34. The molecule has 0 N–H and O–H groups in total. The Kier molecular flexibility index (Phi) is 13.4. The highest BCUT2D eigenvalue weighted by Gasteiger charge is 2.42. The highest BCUT2D eigenvalue weighted by atomic mass is 31.2. The molecule has 76 heavy (non-hydrogen) atoms. The summed E-state index contributed by atoms with van der Waals surface area (Å²) in [4.78, 5) is 0. The molecule has 0 saturated heterocycles. The largest absolute Gasteiger partial charge is 0.530 e. The zero-order valence-electron chi connectivity index (χ0n) is 42.0. The quantitative estimate of drug-likeness (QED) is 0.109. The average Bonchev–Trinajstić information content (AvgIpc) is 3.43. The molecule has 4 heterocycles. The van der Waals surface area contributed by atoms with E-state index in [4.69, 9.17) is 54.3 Å². The van der Waals surface area contributed by atoms with Crippen LogP contribution in [0.5, 0.6) is 69.0 Å². The SMILES string of the molecule is CCC1c2cc3c4cc2OP(Oc2ccccc2)Oc2cc5c(cc21)C(CC)c1cc2c(cc1OP(Oc1ccccc1)O5)OP(Oc1ccccc1)Oc1cc(c(cc1C2CC)C3CC)OP(Oc1ccccc1)O4. The van der Waals surface area contributed by atoms with Gasteiger partial charge in [0.1, 0.15) is 69.0 Å². The summed E-state index contributed by atoms with van der Waals surface area (Å²) in [5.74, 6) is 6.02. The van der Waals surface area contributed by atoms with Crippen LogP contribution in [0, 0.1) is 0 Å². The van der Waals surface area contributed by atoms with Crippen molar-refractivity contribution in [2.45, 2.75) is 77.0 Å². The van der Waals surface area contributed by atoms with Gasteiger partial charge in [-0.15, -0.1) is 0 Å². The third-order valence-electron chi connectivity index (χ3n) is 14.3. The third-order valence-corrected chi connectivity index (χ3v) is 18.5. The van der Waals surface area contributed by atoms with E-state index in [9.17, 15) is 0 Å². The molecule has 0 fully saturated rings. The summed E-state index contributed by atoms with van der Waals surface area (Å²) < 4.78 is 82.9. The van der Waals surface area contributed by atoms with Crippen LogP contribution < -0.4 is 54.3 Å². The van der Waals surface area contributed by atoms with Crippen LogP contribution in [0.3, 0.4) is 0 Å². The van der Waals surface area contributed by atoms with E-state index in [1.165, 1.54) is 0 Å². The monoisotopic (exact) mass is 1090 g/mol. The minimum absolute atomic E-state index is 0.222. The van der Waals surface area contributed by atoms with E-state index in [1.54, 1.807) is 0 Å². The lowest BCUT2D eigenvalue weighted by atomic mass is 9.77. The van der Waals surface area contributed by atoms with Gasteiger partial charge in [-0.2, -0.15) is 0 Å². The van der Waals surface area contributed by atoms with Crippen LogP contribution in [0.4, 0.5) is 0 Å². The van der Waals surface area contributed by atoms with Crippen molar-refractivity contribution in [3.05, 3.63) is 214 Å². The molecule has 4 aliphatic heterocycles. The van der Waals surface area contributed by atoms with Gasteiger partial charge in [0.25, 0.3) is 0 Å². The fraction of sp³-hybridized carbons (Fsp3) is 0.200. The van der Waals surface area contributed by atoms with Crippen molar-refractivity contribution in [2.75, 3.05) is 0 Å². The van der Waals surface area contributed by atoms with Crippen LogP contribution in [0.1, 0.15) is 122 Å². The van der Waals surface area contributed by atoms with Gasteiger partial charge in [0, 0.05) is 92.4 Å². The number of benzene rings is 8. The minimum atomic E-state index is -2.14. The average molecular weight is 1090 g/mol. The molecule has 8 aromatic carbocycles. The number of hydrogen-bond donors (Lipinski definition) is 0. The van der Waals surface area contributed by atoms with Gasteiger partial charge in [0.05, 0.1) is 0 Å². The second-order valence-corrected chi connectivity index (χ2v) is 22.8. The molecule has 8 aromatic rings. The van der Waals surface area contributed by atoms with E-state index >= 15 is 0 Å². The summed E-state index contributed by atoms with van der Waals surface area (Å²) in [5.41, 5.74) is 7.72. The van der Waals surface area contributed by atoms with Crippen LogP contribution in [0.15, 0.2) is 170 Å². The fourth-order valence-corrected chi connectivity index (χ4v) is 14.9. The Labute approximate surface area is 447 Å². The van der Waals surface area contributed by atoms with Crippen molar-refractivity contribution < 1.29 is 54.3 Å². The smallest absolute Gasteiger partial charge is 0.409 e. The van der Waals surface area contributed by atoms with Crippen LogP contribution in [-0.2, 0) is 0 Å². The van der Waals surface area contributed by atoms with Crippen molar-refractivity contribution in [3.8, 4) is 69.0 Å². The number of rotatable bonds is 12. The van der Waals surface area contributed by atoms with Gasteiger partial charge >= 0.3 is 34.4 Å². The Balaban J connectivity index is 1.11. The minimum Gasteiger partial charge on any atom is -0.409 e. The highest BCUT2D eigenvalue weighted by Crippen LogP contribution is 2.62. The summed E-state index contributed by atoms with van der Waals surface area (Å²) in [6.07, 6.45) is 2.80. The van der Waals surface area contributed by atoms with Crippen molar-refractivity contribution in [1.82, 2.24) is 0 Å². The lowest BCUT2D eigenvalue weighted by Gasteiger charge is -2.35. The van der Waals surface area contributed by atoms with E-state index in [2.05, 4.69) is 52.0 Å². The molecule has 16 heteroatoms. The van der Waals surface area contributed by atoms with E-state index in [-0.39, 0.29) is 23.7 Å². The zero-order chi connectivity index (χ0) is 51.3. The molecule has 0 saturated carbocycles. The van der Waals surface area contributed by atoms with Crippen molar-refractivity contribution in [1.29, 1.82) is 0 Å². The highest BCUT2D eigenvalue weighted by molar-refractivity contribution is 7.44. The Morgan fingerprint density at radius 1 is 0.263 bits per heavy atom. The standard InChI is InChI=1S/C60H52O12P4/c1-5-41-45-29-47-42(6-2)49-31-51-44(8-4)52-32-50-43(7-3)48-30-46(41)54-34-56(48)68-75(63-39-25-17-11-18-26-39)70-58(50)36-60(52)72-76(64-40-27-19-12-20-28-40)71-59(51)35-57(49)69-74(62-38-23-15-10-16-24-38)67-55(47)33-53(45)65-73(66-54)61-37-21-13-9-14-22-37/h9-36,41-44H,5-8H2,1-4H3. The van der Waals surface area contributed by atoms with Gasteiger partial charge in [-0.3, -0.25) is 0 Å². The van der Waals surface area contributed by atoms with Crippen molar-refractivity contribution in [3.63, 3.8) is 0 Å². The first-order valence-electron chi connectivity index (χ1n) is 25.7. The topological polar surface area (TPSA) is 111 Å². The van der Waals surface area contributed by atoms with E-state index in [0.29, 0.717) is 94.7 Å². The molecule has 0 unspecified atom stereocenters. The zero-order valence-corrected chi connectivity index (χ0v) is 45.6. The summed E-state index contributed by atoms with van der Waals surface area (Å²) >= 11 is 0. The molecule has 0 amide bonds. The predicted molar refractivity (Wildman–Crippen MR) is 295 cm³/mol. The number of hydrogen-bond acceptors (Lipinski definition) is 12. The van der Waals surface area contributed by atoms with Crippen LogP contribution in [-0.4, -0.2) is 0 Å². The van der Waals surface area contributed by atoms with Crippen LogP contribution in [0.25, 0.3) is 0 Å². The molecule has 0 radical (unpaired) electrons. The molecule has 12 nitrogen and oxygen atoms in total. The Morgan fingerprint density at radius 2 is 0.434 bits per heavy atom. The van der Waals surface area contributed by atoms with Gasteiger partial charge in [-0.25, -0.2) is 0 Å². The maximum absolute atomic E-state index is 7.03. The molecule has 0 spiro atoms. The number of para-hydroxylation sites is 4. The van der Waals surface area contributed by atoms with Gasteiger partial charge in [-0.05, 0) is 98.5 Å². The van der Waals surface area contributed by atoms with E-state index < -0.39 is 34.4 Å². The molecular weight excluding hydrogens is 1040 g/mol. The molecule has 0 atom stereocenters. The van der Waals surface area contributed by atoms with Gasteiger partial charge in [-0.1, -0.05) is 100 Å². The lowest BCUT2D eigenvalue weighted by molar-refractivity contribution is 0.361. The van der Waals surface area contributed by atoms with Crippen molar-refractivity contribution >= 4 is 34.4 Å². The Morgan fingerprint density at radius 3 is 0.592 bits per heavy atom. The van der Waals surface area contributed by atoms with Crippen LogP contribution in [0.2, 0.25) is 0 Å². The molecule has 8 bridgehead atoms. The molecule has 1 aliphatic carbocycles. The second-order valence-electron chi connectivity index (χ2n) is 18.8. The van der Waals surface area contributed by atoms with E-state index in [1.807, 2.05) is 146 Å². The molecule has 5 aliphatic rings. The first-order chi connectivity index (χ1) is 37.4. The second kappa shape index (κ2) is 20.9. The van der Waals surface area contributed by atoms with Gasteiger partial charge in [0.2, 0.25) is 0 Å². The molecule has 384 valence electrons. The summed E-state index contributed by atoms with van der Waals surface area (Å²) in [6.45, 7) is 8.79. The van der Waals surface area contributed by atoms with Gasteiger partial charge < -0.3 is 54.3 Å². The molecular formula is C60H52O12P4. The van der Waals surface area contributed by atoms with Crippen LogP contribution >= 0.6 is 34.4 Å². The van der Waals surface area contributed by atoms with Crippen molar-refractivity contribution in [2.24, 2.45) is 0 Å². The maximum Gasteiger partial charge on any atom is 0.530 e. The summed E-state index contributed by atoms with van der Waals surface area (Å²) in [5, 5.41) is 0. The summed E-state index contributed by atoms with van der Waals surface area (Å²) in [6, 6.07) is 55.3. The van der Waals surface area contributed by atoms with Gasteiger partial charge in [0.15, 0.2) is 0 Å². The molecule has 0 aromatic heterocycles. The normalized spacial score (nSPS) is 21.9. The first-order valence-corrected chi connectivity index (χ1v) is 30.1. The Hall–Kier alpha value is -6.92. The molecule has 13 rings (SSSR count). The summed E-state index contributed by atoms with van der Waals surface area (Å²) in [7, 11) is -8.58. The first kappa shape index (κ1) is 48.7.